The van der Waals surface area contributed by atoms with Crippen LogP contribution in [0.25, 0.3) is 0 Å². The molecule has 0 unspecified atom stereocenters. The number of benzene rings is 1. The van der Waals surface area contributed by atoms with Crippen molar-refractivity contribution in [3.8, 4) is 0 Å². The molecule has 1 aromatic rings. The molecule has 0 saturated heterocycles. The molecule has 0 aliphatic rings. The van der Waals surface area contributed by atoms with Gasteiger partial charge in [-0.1, -0.05) is 38.7 Å². The number of ether oxygens (including phenoxy) is 1. The van der Waals surface area contributed by atoms with E-state index in [1.165, 1.54) is 26.2 Å². The second-order valence-electron chi connectivity index (χ2n) is 5.37. The van der Waals surface area contributed by atoms with Crippen LogP contribution in [0.15, 0.2) is 18.2 Å². The van der Waals surface area contributed by atoms with Gasteiger partial charge in [-0.3, -0.25) is 9.59 Å². The maximum absolute atomic E-state index is 12.2. The normalized spacial score (nSPS) is 10.3. The molecule has 0 aliphatic carbocycles. The third-order valence-electron chi connectivity index (χ3n) is 3.38. The van der Waals surface area contributed by atoms with E-state index < -0.39 is 0 Å². The summed E-state index contributed by atoms with van der Waals surface area (Å²) in [5, 5.41) is 2.90. The molecule has 0 fully saturated rings. The molecule has 0 aromatic heterocycles. The van der Waals surface area contributed by atoms with Crippen molar-refractivity contribution >= 4 is 17.6 Å². The average molecular weight is 306 g/mol. The van der Waals surface area contributed by atoms with Gasteiger partial charge >= 0.3 is 5.97 Å². The number of carbonyl (C=O) groups is 2. The first-order valence-corrected chi connectivity index (χ1v) is 7.84. The van der Waals surface area contributed by atoms with Crippen LogP contribution in [0.1, 0.15) is 61.9 Å². The minimum absolute atomic E-state index is 0.0782. The summed E-state index contributed by atoms with van der Waals surface area (Å²) in [4.78, 5) is 23.2. The van der Waals surface area contributed by atoms with Gasteiger partial charge in [-0.05, 0) is 18.6 Å². The van der Waals surface area contributed by atoms with Gasteiger partial charge in [0.05, 0.1) is 0 Å². The Labute approximate surface area is 132 Å². The van der Waals surface area contributed by atoms with Gasteiger partial charge in [-0.15, -0.1) is 0 Å². The fourth-order valence-corrected chi connectivity index (χ4v) is 2.14. The molecule has 0 saturated carbocycles. The Balaban J connectivity index is 2.55. The molecule has 22 heavy (non-hydrogen) atoms. The highest BCUT2D eigenvalue weighted by molar-refractivity contribution is 5.96. The smallest absolute Gasteiger partial charge is 0.302 e. The quantitative estimate of drug-likeness (QED) is 0.417. The zero-order valence-corrected chi connectivity index (χ0v) is 13.5. The number of nitrogen functional groups attached to an aromatic ring is 1. The van der Waals surface area contributed by atoms with Gasteiger partial charge in [0, 0.05) is 30.3 Å². The minimum Gasteiger partial charge on any atom is -0.461 e. The zero-order chi connectivity index (χ0) is 16.4. The first kappa shape index (κ1) is 18.0. The summed E-state index contributed by atoms with van der Waals surface area (Å²) in [6, 6.07) is 5.03. The predicted molar refractivity (Wildman–Crippen MR) is 87.4 cm³/mol. The molecule has 0 atom stereocenters. The van der Waals surface area contributed by atoms with Crippen molar-refractivity contribution < 1.29 is 14.3 Å². The molecule has 0 radical (unpaired) electrons. The number of rotatable bonds is 9. The van der Waals surface area contributed by atoms with Gasteiger partial charge in [-0.2, -0.15) is 0 Å². The van der Waals surface area contributed by atoms with Crippen LogP contribution in [-0.4, -0.2) is 18.4 Å². The highest BCUT2D eigenvalue weighted by atomic mass is 16.5. The highest BCUT2D eigenvalue weighted by Crippen LogP contribution is 2.15. The summed E-state index contributed by atoms with van der Waals surface area (Å²) >= 11 is 0. The largest absolute Gasteiger partial charge is 0.461 e. The number of amides is 1. The first-order chi connectivity index (χ1) is 10.5. The van der Waals surface area contributed by atoms with Crippen LogP contribution in [0.3, 0.4) is 0 Å². The summed E-state index contributed by atoms with van der Waals surface area (Å²) in [5.74, 6) is -0.552. The lowest BCUT2D eigenvalue weighted by atomic mass is 10.1. The van der Waals surface area contributed by atoms with Gasteiger partial charge in [0.15, 0.2) is 0 Å². The van der Waals surface area contributed by atoms with E-state index in [1.807, 2.05) is 0 Å². The van der Waals surface area contributed by atoms with E-state index in [0.717, 1.165) is 12.8 Å². The van der Waals surface area contributed by atoms with Crippen LogP contribution >= 0.6 is 0 Å². The molecule has 0 heterocycles. The molecule has 1 rings (SSSR count). The number of unbranched alkanes of at least 4 members (excludes halogenated alkanes) is 4. The Hall–Kier alpha value is -2.04. The van der Waals surface area contributed by atoms with Crippen molar-refractivity contribution in [2.75, 3.05) is 12.3 Å². The predicted octanol–water partition coefficient (Wildman–Crippen LogP) is 3.03. The number of nitrogens with one attached hydrogen (secondary N) is 1. The van der Waals surface area contributed by atoms with Gasteiger partial charge in [-0.25, -0.2) is 0 Å². The molecule has 0 bridgehead atoms. The number of hydrogen-bond acceptors (Lipinski definition) is 4. The Kier molecular flexibility index (Phi) is 8.04. The van der Waals surface area contributed by atoms with Crippen LogP contribution in [-0.2, 0) is 16.1 Å². The fourth-order valence-electron chi connectivity index (χ4n) is 2.14. The van der Waals surface area contributed by atoms with Crippen LogP contribution in [0.5, 0.6) is 0 Å². The summed E-state index contributed by atoms with van der Waals surface area (Å²) in [5.41, 5.74) is 7.38. The van der Waals surface area contributed by atoms with E-state index in [-0.39, 0.29) is 18.5 Å². The van der Waals surface area contributed by atoms with Crippen molar-refractivity contribution in [2.24, 2.45) is 0 Å². The SMILES string of the molecule is CCCCCCCNC(=O)c1cc(N)ccc1COC(C)=O. The van der Waals surface area contributed by atoms with E-state index in [9.17, 15) is 9.59 Å². The molecular weight excluding hydrogens is 280 g/mol. The average Bonchev–Trinajstić information content (AvgIpc) is 2.49. The standard InChI is InChI=1S/C17H26N2O3/c1-3-4-5-6-7-10-19-17(21)16-11-15(18)9-8-14(16)12-22-13(2)20/h8-9,11H,3-7,10,12,18H2,1-2H3,(H,19,21). The molecule has 5 heteroatoms. The molecule has 3 N–H and O–H groups in total. The lowest BCUT2D eigenvalue weighted by Gasteiger charge is -2.11. The Morgan fingerprint density at radius 1 is 1.18 bits per heavy atom. The molecule has 0 aliphatic heterocycles. The summed E-state index contributed by atoms with van der Waals surface area (Å²) in [6.45, 7) is 4.23. The Bertz CT molecular complexity index is 501. The Morgan fingerprint density at radius 2 is 1.91 bits per heavy atom. The molecular formula is C17H26N2O3. The fraction of sp³-hybridized carbons (Fsp3) is 0.529. The number of carbonyl (C=O) groups excluding carboxylic acids is 2. The number of anilines is 1. The topological polar surface area (TPSA) is 81.4 Å². The minimum atomic E-state index is -0.376. The lowest BCUT2D eigenvalue weighted by molar-refractivity contribution is -0.142. The maximum Gasteiger partial charge on any atom is 0.302 e. The van der Waals surface area contributed by atoms with Crippen molar-refractivity contribution in [1.29, 1.82) is 0 Å². The van der Waals surface area contributed by atoms with Gasteiger partial charge in [0.1, 0.15) is 6.61 Å². The molecule has 122 valence electrons. The van der Waals surface area contributed by atoms with E-state index in [4.69, 9.17) is 10.5 Å². The van der Waals surface area contributed by atoms with Gasteiger partial charge in [0.2, 0.25) is 0 Å². The van der Waals surface area contributed by atoms with Gasteiger partial charge < -0.3 is 15.8 Å². The lowest BCUT2D eigenvalue weighted by Crippen LogP contribution is -2.26. The second-order valence-corrected chi connectivity index (χ2v) is 5.37. The first-order valence-electron chi connectivity index (χ1n) is 7.84. The molecule has 1 aromatic carbocycles. The van der Waals surface area contributed by atoms with E-state index in [0.29, 0.717) is 23.4 Å². The summed E-state index contributed by atoms with van der Waals surface area (Å²) in [6.07, 6.45) is 5.71. The number of hydrogen-bond donors (Lipinski definition) is 2. The van der Waals surface area contributed by atoms with Crippen LogP contribution < -0.4 is 11.1 Å². The van der Waals surface area contributed by atoms with E-state index >= 15 is 0 Å². The number of esters is 1. The molecule has 1 amide bonds. The van der Waals surface area contributed by atoms with Crippen molar-refractivity contribution in [3.05, 3.63) is 29.3 Å². The zero-order valence-electron chi connectivity index (χ0n) is 13.5. The third kappa shape index (κ3) is 6.61. The second kappa shape index (κ2) is 9.82. The Morgan fingerprint density at radius 3 is 2.59 bits per heavy atom. The maximum atomic E-state index is 12.2. The highest BCUT2D eigenvalue weighted by Gasteiger charge is 2.12. The van der Waals surface area contributed by atoms with Crippen LogP contribution in [0.2, 0.25) is 0 Å². The van der Waals surface area contributed by atoms with Crippen LogP contribution in [0.4, 0.5) is 5.69 Å². The summed E-state index contributed by atoms with van der Waals surface area (Å²) in [7, 11) is 0. The summed E-state index contributed by atoms with van der Waals surface area (Å²) < 4.78 is 4.97. The van der Waals surface area contributed by atoms with Crippen molar-refractivity contribution in [2.45, 2.75) is 52.6 Å². The van der Waals surface area contributed by atoms with Crippen molar-refractivity contribution in [3.63, 3.8) is 0 Å². The van der Waals surface area contributed by atoms with Crippen LogP contribution in [0, 0.1) is 0 Å². The number of nitrogens with two attached hydrogens (primary N) is 1. The third-order valence-corrected chi connectivity index (χ3v) is 3.38. The molecule has 5 nitrogen and oxygen atoms in total. The van der Waals surface area contributed by atoms with E-state index in [1.54, 1.807) is 18.2 Å². The monoisotopic (exact) mass is 306 g/mol. The van der Waals surface area contributed by atoms with Crippen molar-refractivity contribution in [1.82, 2.24) is 5.32 Å². The molecule has 0 spiro atoms. The van der Waals surface area contributed by atoms with E-state index in [2.05, 4.69) is 12.2 Å². The van der Waals surface area contributed by atoms with Gasteiger partial charge in [0.25, 0.3) is 5.91 Å².